The molecule has 27 heavy (non-hydrogen) atoms. The Bertz CT molecular complexity index is 953. The summed E-state index contributed by atoms with van der Waals surface area (Å²) in [4.78, 5) is 18.5. The second-order valence-electron chi connectivity index (χ2n) is 5.91. The summed E-state index contributed by atoms with van der Waals surface area (Å²) in [5, 5.41) is 14.6. The summed E-state index contributed by atoms with van der Waals surface area (Å²) in [6.45, 7) is 3.49. The molecule has 0 unspecified atom stereocenters. The van der Waals surface area contributed by atoms with Crippen molar-refractivity contribution in [3.05, 3.63) is 35.3 Å². The van der Waals surface area contributed by atoms with Gasteiger partial charge >= 0.3 is 0 Å². The van der Waals surface area contributed by atoms with E-state index in [0.717, 1.165) is 41.3 Å². The largest absolute Gasteiger partial charge is 0.497 e. The lowest BCUT2D eigenvalue weighted by Crippen LogP contribution is -2.14. The van der Waals surface area contributed by atoms with Crippen LogP contribution in [-0.2, 0) is 11.3 Å². The van der Waals surface area contributed by atoms with Crippen LogP contribution in [0.3, 0.4) is 0 Å². The molecule has 0 saturated heterocycles. The summed E-state index contributed by atoms with van der Waals surface area (Å²) in [5.74, 6) is 1.77. The third-order valence-electron chi connectivity index (χ3n) is 4.07. The SMILES string of the molecule is COc1ccc(N2CCn3c(SCC(=O)Nc4nc(C)cs4)nnc32)cc1. The molecule has 3 aromatic rings. The maximum absolute atomic E-state index is 12.1. The molecule has 8 nitrogen and oxygen atoms in total. The van der Waals surface area contributed by atoms with Gasteiger partial charge in [0.2, 0.25) is 11.9 Å². The summed E-state index contributed by atoms with van der Waals surface area (Å²) in [6, 6.07) is 7.85. The maximum Gasteiger partial charge on any atom is 0.236 e. The van der Waals surface area contributed by atoms with E-state index in [0.29, 0.717) is 5.13 Å². The molecule has 1 aliphatic rings. The normalized spacial score (nSPS) is 12.9. The lowest BCUT2D eigenvalue weighted by molar-refractivity contribution is -0.113. The van der Waals surface area contributed by atoms with Crippen LogP contribution < -0.4 is 15.0 Å². The van der Waals surface area contributed by atoms with Gasteiger partial charge in [-0.15, -0.1) is 21.5 Å². The van der Waals surface area contributed by atoms with Gasteiger partial charge in [0, 0.05) is 24.2 Å². The van der Waals surface area contributed by atoms with Crippen LogP contribution in [0.1, 0.15) is 5.69 Å². The van der Waals surface area contributed by atoms with Crippen LogP contribution >= 0.6 is 23.1 Å². The number of carbonyl (C=O) groups is 1. The number of nitrogens with zero attached hydrogens (tertiary/aromatic N) is 5. The Morgan fingerprint density at radius 1 is 1.30 bits per heavy atom. The third-order valence-corrected chi connectivity index (χ3v) is 5.91. The van der Waals surface area contributed by atoms with E-state index in [1.165, 1.54) is 23.1 Å². The van der Waals surface area contributed by atoms with Crippen LogP contribution in [-0.4, -0.2) is 45.1 Å². The van der Waals surface area contributed by atoms with Gasteiger partial charge in [-0.3, -0.25) is 9.36 Å². The Morgan fingerprint density at radius 2 is 2.11 bits per heavy atom. The average molecular weight is 403 g/mol. The van der Waals surface area contributed by atoms with Crippen molar-refractivity contribution in [1.82, 2.24) is 19.7 Å². The van der Waals surface area contributed by atoms with Crippen LogP contribution in [0.5, 0.6) is 5.75 Å². The fourth-order valence-corrected chi connectivity index (χ4v) is 4.25. The Hall–Kier alpha value is -2.59. The molecule has 1 N–H and O–H groups in total. The summed E-state index contributed by atoms with van der Waals surface area (Å²) in [5.41, 5.74) is 1.94. The van der Waals surface area contributed by atoms with E-state index in [2.05, 4.69) is 25.4 Å². The number of aryl methyl sites for hydroxylation is 1. The molecule has 0 bridgehead atoms. The van der Waals surface area contributed by atoms with Gasteiger partial charge in [0.05, 0.1) is 18.6 Å². The Kier molecular flexibility index (Phi) is 4.99. The maximum atomic E-state index is 12.1. The standard InChI is InChI=1S/C17H18N6O2S2/c1-11-9-26-15(18-11)19-14(24)10-27-17-21-20-16-22(7-8-23(16)17)12-3-5-13(25-2)6-4-12/h3-6,9H,7-8,10H2,1-2H3,(H,18,19,24). The van der Waals surface area contributed by atoms with Crippen molar-refractivity contribution in [3.8, 4) is 5.75 Å². The summed E-state index contributed by atoms with van der Waals surface area (Å²) >= 11 is 2.80. The number of rotatable bonds is 6. The van der Waals surface area contributed by atoms with Crippen molar-refractivity contribution in [1.29, 1.82) is 0 Å². The molecule has 2 aromatic heterocycles. The molecule has 0 radical (unpaired) electrons. The van der Waals surface area contributed by atoms with E-state index in [-0.39, 0.29) is 11.7 Å². The first kappa shape index (κ1) is 17.8. The molecule has 0 saturated carbocycles. The lowest BCUT2D eigenvalue weighted by Gasteiger charge is -2.15. The van der Waals surface area contributed by atoms with Crippen molar-refractivity contribution < 1.29 is 9.53 Å². The summed E-state index contributed by atoms with van der Waals surface area (Å²) in [6.07, 6.45) is 0. The van der Waals surface area contributed by atoms with E-state index in [4.69, 9.17) is 4.74 Å². The van der Waals surface area contributed by atoms with Crippen molar-refractivity contribution in [2.45, 2.75) is 18.6 Å². The Morgan fingerprint density at radius 3 is 2.81 bits per heavy atom. The van der Waals surface area contributed by atoms with Gasteiger partial charge in [-0.2, -0.15) is 0 Å². The topological polar surface area (TPSA) is 85.2 Å². The Balaban J connectivity index is 1.40. The molecule has 10 heteroatoms. The predicted molar refractivity (Wildman–Crippen MR) is 106 cm³/mol. The molecule has 1 aliphatic heterocycles. The number of amides is 1. The number of fused-ring (bicyclic) bond motifs is 1. The quantitative estimate of drug-likeness (QED) is 0.635. The Labute approximate surface area is 164 Å². The van der Waals surface area contributed by atoms with Gasteiger partial charge in [-0.05, 0) is 31.2 Å². The summed E-state index contributed by atoms with van der Waals surface area (Å²) < 4.78 is 7.24. The molecule has 1 aromatic carbocycles. The highest BCUT2D eigenvalue weighted by Crippen LogP contribution is 2.32. The van der Waals surface area contributed by atoms with Crippen LogP contribution in [0.4, 0.5) is 16.8 Å². The first-order valence-electron chi connectivity index (χ1n) is 8.33. The van der Waals surface area contributed by atoms with E-state index >= 15 is 0 Å². The zero-order chi connectivity index (χ0) is 18.8. The van der Waals surface area contributed by atoms with Crippen molar-refractivity contribution >= 4 is 45.8 Å². The first-order chi connectivity index (χ1) is 13.1. The fraction of sp³-hybridized carbons (Fsp3) is 0.294. The van der Waals surface area contributed by atoms with Gasteiger partial charge in [-0.1, -0.05) is 11.8 Å². The molecule has 0 fully saturated rings. The monoisotopic (exact) mass is 402 g/mol. The molecule has 1 amide bonds. The third kappa shape index (κ3) is 3.76. The second kappa shape index (κ2) is 7.57. The smallest absolute Gasteiger partial charge is 0.236 e. The molecule has 0 spiro atoms. The summed E-state index contributed by atoms with van der Waals surface area (Å²) in [7, 11) is 1.65. The number of aromatic nitrogens is 4. The molecular formula is C17H18N6O2S2. The predicted octanol–water partition coefficient (Wildman–Crippen LogP) is 2.93. The zero-order valence-corrected chi connectivity index (χ0v) is 16.5. The number of carbonyl (C=O) groups excluding carboxylic acids is 1. The molecule has 3 heterocycles. The highest BCUT2D eigenvalue weighted by atomic mass is 32.2. The van der Waals surface area contributed by atoms with E-state index in [1.807, 2.05) is 41.1 Å². The number of hydrogen-bond acceptors (Lipinski definition) is 8. The van der Waals surface area contributed by atoms with Gasteiger partial charge in [0.25, 0.3) is 0 Å². The van der Waals surface area contributed by atoms with Crippen LogP contribution in [0.25, 0.3) is 0 Å². The van der Waals surface area contributed by atoms with Crippen molar-refractivity contribution in [2.24, 2.45) is 0 Å². The number of methoxy groups -OCH3 is 1. The second-order valence-corrected chi connectivity index (χ2v) is 7.72. The number of anilines is 3. The molecule has 4 rings (SSSR count). The van der Waals surface area contributed by atoms with Crippen LogP contribution in [0.15, 0.2) is 34.8 Å². The van der Waals surface area contributed by atoms with Crippen LogP contribution in [0.2, 0.25) is 0 Å². The minimum Gasteiger partial charge on any atom is -0.497 e. The van der Waals surface area contributed by atoms with Gasteiger partial charge in [0.1, 0.15) is 5.75 Å². The lowest BCUT2D eigenvalue weighted by atomic mass is 10.3. The highest BCUT2D eigenvalue weighted by molar-refractivity contribution is 7.99. The number of thiazole rings is 1. The molecule has 0 atom stereocenters. The van der Waals surface area contributed by atoms with E-state index in [1.54, 1.807) is 7.11 Å². The zero-order valence-electron chi connectivity index (χ0n) is 14.9. The van der Waals surface area contributed by atoms with Crippen molar-refractivity contribution in [3.63, 3.8) is 0 Å². The number of thioether (sulfide) groups is 1. The minimum absolute atomic E-state index is 0.100. The van der Waals surface area contributed by atoms with Crippen LogP contribution in [0, 0.1) is 6.92 Å². The van der Waals surface area contributed by atoms with Crippen molar-refractivity contribution in [2.75, 3.05) is 29.6 Å². The van der Waals surface area contributed by atoms with Gasteiger partial charge in [0.15, 0.2) is 10.3 Å². The van der Waals surface area contributed by atoms with Gasteiger partial charge < -0.3 is 15.0 Å². The number of nitrogens with one attached hydrogen (secondary N) is 1. The first-order valence-corrected chi connectivity index (χ1v) is 10.2. The molecule has 140 valence electrons. The molecule has 0 aliphatic carbocycles. The number of ether oxygens (including phenoxy) is 1. The van der Waals surface area contributed by atoms with Gasteiger partial charge in [-0.25, -0.2) is 4.98 Å². The molecular weight excluding hydrogens is 384 g/mol. The van der Waals surface area contributed by atoms with E-state index in [9.17, 15) is 4.79 Å². The highest BCUT2D eigenvalue weighted by Gasteiger charge is 2.26. The fourth-order valence-electron chi connectivity index (χ4n) is 2.79. The number of benzene rings is 1. The average Bonchev–Trinajstić information content (AvgIpc) is 3.37. The minimum atomic E-state index is -0.100. The number of hydrogen-bond donors (Lipinski definition) is 1. The van der Waals surface area contributed by atoms with E-state index < -0.39 is 0 Å².